The van der Waals surface area contributed by atoms with E-state index < -0.39 is 12.1 Å². The number of alkyl halides is 3. The van der Waals surface area contributed by atoms with Crippen LogP contribution in [0.15, 0.2) is 23.0 Å². The molecular weight excluding hydrogens is 397 g/mol. The van der Waals surface area contributed by atoms with Gasteiger partial charge in [-0.2, -0.15) is 13.2 Å². The van der Waals surface area contributed by atoms with E-state index in [1.54, 1.807) is 17.6 Å². The molecule has 3 aliphatic heterocycles. The van der Waals surface area contributed by atoms with Crippen molar-refractivity contribution < 1.29 is 41.9 Å². The Morgan fingerprint density at radius 2 is 2.00 bits per heavy atom. The second kappa shape index (κ2) is 9.14. The van der Waals surface area contributed by atoms with Crippen LogP contribution in [0.3, 0.4) is 0 Å². The summed E-state index contributed by atoms with van der Waals surface area (Å²) in [6.45, 7) is 4.60. The molecule has 3 fully saturated rings. The lowest BCUT2D eigenvalue weighted by Gasteiger charge is -2.40. The Morgan fingerprint density at radius 3 is 2.59 bits per heavy atom. The number of hydroxylamine groups is 2. The average Bonchev–Trinajstić information content (AvgIpc) is 3.42. The predicted molar refractivity (Wildman–Crippen MR) is 91.3 cm³/mol. The van der Waals surface area contributed by atoms with Crippen molar-refractivity contribution in [2.75, 3.05) is 32.8 Å². The molecule has 29 heavy (non-hydrogen) atoms. The molecule has 0 spiro atoms. The molecule has 11 heteroatoms. The lowest BCUT2D eigenvalue weighted by Crippen LogP contribution is -2.52. The third-order valence-corrected chi connectivity index (χ3v) is 5.21. The predicted octanol–water partition coefficient (Wildman–Crippen LogP) is 1.91. The van der Waals surface area contributed by atoms with Crippen molar-refractivity contribution in [1.82, 2.24) is 9.96 Å². The number of carbonyl (C=O) groups is 2. The van der Waals surface area contributed by atoms with E-state index >= 15 is 0 Å². The van der Waals surface area contributed by atoms with Crippen LogP contribution in [0.1, 0.15) is 18.4 Å². The third kappa shape index (κ3) is 5.49. The summed E-state index contributed by atoms with van der Waals surface area (Å²) in [5.74, 6) is -2.31. The first-order valence-electron chi connectivity index (χ1n) is 9.35. The van der Waals surface area contributed by atoms with Gasteiger partial charge in [-0.1, -0.05) is 0 Å². The zero-order valence-electron chi connectivity index (χ0n) is 15.6. The molecule has 4 rings (SSSR count). The number of ether oxygens (including phenoxy) is 1. The number of amides is 1. The van der Waals surface area contributed by atoms with Crippen molar-refractivity contribution in [3.63, 3.8) is 0 Å². The van der Waals surface area contributed by atoms with Crippen molar-refractivity contribution >= 4 is 11.9 Å². The monoisotopic (exact) mass is 420 g/mol. The topological polar surface area (TPSA) is 92.5 Å². The summed E-state index contributed by atoms with van der Waals surface area (Å²) in [4.78, 5) is 29.5. The van der Waals surface area contributed by atoms with Crippen molar-refractivity contribution in [3.05, 3.63) is 24.2 Å². The highest BCUT2D eigenvalue weighted by atomic mass is 19.4. The molecule has 1 aromatic heterocycles. The van der Waals surface area contributed by atoms with E-state index in [4.69, 9.17) is 23.9 Å². The lowest BCUT2D eigenvalue weighted by atomic mass is 9.82. The summed E-state index contributed by atoms with van der Waals surface area (Å²) < 4.78 is 42.8. The first-order valence-corrected chi connectivity index (χ1v) is 9.35. The molecule has 4 heterocycles. The number of likely N-dealkylation sites (tertiary alicyclic amines) is 1. The Morgan fingerprint density at radius 1 is 1.24 bits per heavy atom. The SMILES string of the molecule is O=C(O)C(F)(F)F.O=C([C@H]1CN(Cc2ccoc2)C[C@H]2OCC[C@@H]12)N1CCCO1. The molecule has 0 bridgehead atoms. The molecule has 0 aromatic carbocycles. The van der Waals surface area contributed by atoms with E-state index in [2.05, 4.69) is 4.90 Å². The van der Waals surface area contributed by atoms with Crippen LogP contribution >= 0.6 is 0 Å². The number of carboxylic acids is 1. The normalized spacial score (nSPS) is 27.3. The summed E-state index contributed by atoms with van der Waals surface area (Å²) in [5, 5.41) is 8.70. The van der Waals surface area contributed by atoms with Crippen LogP contribution in [0, 0.1) is 11.8 Å². The Balaban J connectivity index is 0.000000298. The van der Waals surface area contributed by atoms with Crippen LogP contribution in [-0.2, 0) is 25.7 Å². The maximum absolute atomic E-state index is 12.8. The first kappa shape index (κ1) is 21.6. The van der Waals surface area contributed by atoms with Gasteiger partial charge in [0.1, 0.15) is 0 Å². The van der Waals surface area contributed by atoms with Gasteiger partial charge in [-0.25, -0.2) is 9.86 Å². The van der Waals surface area contributed by atoms with Gasteiger partial charge in [0.05, 0.1) is 37.7 Å². The van der Waals surface area contributed by atoms with E-state index in [0.29, 0.717) is 12.5 Å². The second-order valence-electron chi connectivity index (χ2n) is 7.22. The molecule has 0 saturated carbocycles. The number of piperidine rings is 1. The zero-order chi connectivity index (χ0) is 21.0. The fraction of sp³-hybridized carbons (Fsp3) is 0.667. The molecule has 3 saturated heterocycles. The Bertz CT molecular complexity index is 690. The van der Waals surface area contributed by atoms with E-state index in [-0.39, 0.29) is 17.9 Å². The number of fused-ring (bicyclic) bond motifs is 1. The van der Waals surface area contributed by atoms with E-state index in [1.807, 2.05) is 6.07 Å². The van der Waals surface area contributed by atoms with Gasteiger partial charge in [0.15, 0.2) is 0 Å². The van der Waals surface area contributed by atoms with Crippen LogP contribution < -0.4 is 0 Å². The highest BCUT2D eigenvalue weighted by molar-refractivity contribution is 5.79. The van der Waals surface area contributed by atoms with Gasteiger partial charge in [-0.05, 0) is 18.9 Å². The number of carbonyl (C=O) groups excluding carboxylic acids is 1. The summed E-state index contributed by atoms with van der Waals surface area (Å²) >= 11 is 0. The van der Waals surface area contributed by atoms with Crippen molar-refractivity contribution in [1.29, 1.82) is 0 Å². The number of rotatable bonds is 3. The lowest BCUT2D eigenvalue weighted by molar-refractivity contribution is -0.192. The van der Waals surface area contributed by atoms with Gasteiger partial charge in [0.2, 0.25) is 0 Å². The standard InChI is InChI=1S/C16H22N2O4.C2HF3O2/c19-16(18-4-1-5-22-18)14-9-17(8-12-2-6-20-11-12)10-15-13(14)3-7-21-15;3-2(4,5)1(6)7/h2,6,11,13-15H,1,3-5,7-10H2;(H,6,7)/t13-,14-,15+;/m0./s1. The highest BCUT2D eigenvalue weighted by Gasteiger charge is 2.45. The quantitative estimate of drug-likeness (QED) is 0.799. The van der Waals surface area contributed by atoms with Crippen molar-refractivity contribution in [3.8, 4) is 0 Å². The number of furan rings is 1. The number of carboxylic acid groups (broad SMARTS) is 1. The van der Waals surface area contributed by atoms with E-state index in [9.17, 15) is 18.0 Å². The molecule has 1 N–H and O–H groups in total. The van der Waals surface area contributed by atoms with Crippen LogP contribution in [-0.4, -0.2) is 72.1 Å². The fourth-order valence-corrected chi connectivity index (χ4v) is 3.89. The Kier molecular flexibility index (Phi) is 6.81. The maximum Gasteiger partial charge on any atom is 0.490 e. The minimum atomic E-state index is -5.08. The van der Waals surface area contributed by atoms with Crippen LogP contribution in [0.2, 0.25) is 0 Å². The maximum atomic E-state index is 12.8. The molecule has 8 nitrogen and oxygen atoms in total. The third-order valence-electron chi connectivity index (χ3n) is 5.21. The second-order valence-corrected chi connectivity index (χ2v) is 7.22. The number of halogens is 3. The van der Waals surface area contributed by atoms with Gasteiger partial charge >= 0.3 is 12.1 Å². The van der Waals surface area contributed by atoms with Crippen LogP contribution in [0.5, 0.6) is 0 Å². The van der Waals surface area contributed by atoms with Gasteiger partial charge < -0.3 is 14.3 Å². The number of hydrogen-bond acceptors (Lipinski definition) is 6. The Labute approximate surface area is 165 Å². The fourth-order valence-electron chi connectivity index (χ4n) is 3.89. The Hall–Kier alpha value is -2.11. The molecule has 0 aliphatic carbocycles. The van der Waals surface area contributed by atoms with E-state index in [1.165, 1.54) is 0 Å². The molecule has 162 valence electrons. The largest absolute Gasteiger partial charge is 0.490 e. The average molecular weight is 420 g/mol. The molecule has 1 aromatic rings. The van der Waals surface area contributed by atoms with Crippen LogP contribution in [0.25, 0.3) is 0 Å². The van der Waals surface area contributed by atoms with Crippen LogP contribution in [0.4, 0.5) is 13.2 Å². The molecule has 0 unspecified atom stereocenters. The summed E-state index contributed by atoms with van der Waals surface area (Å²) in [6.07, 6.45) is 0.449. The number of nitrogens with zero attached hydrogens (tertiary/aromatic N) is 2. The molecule has 0 radical (unpaired) electrons. The molecule has 1 amide bonds. The summed E-state index contributed by atoms with van der Waals surface area (Å²) in [6, 6.07) is 1.97. The summed E-state index contributed by atoms with van der Waals surface area (Å²) in [7, 11) is 0. The zero-order valence-corrected chi connectivity index (χ0v) is 15.6. The highest BCUT2D eigenvalue weighted by Crippen LogP contribution is 2.35. The number of aliphatic carboxylic acids is 1. The molecule has 3 aliphatic rings. The van der Waals surface area contributed by atoms with Crippen molar-refractivity contribution in [2.24, 2.45) is 11.8 Å². The molecular formula is C18H23F3N2O6. The van der Waals surface area contributed by atoms with Gasteiger partial charge in [-0.3, -0.25) is 14.5 Å². The summed E-state index contributed by atoms with van der Waals surface area (Å²) in [5.41, 5.74) is 1.14. The van der Waals surface area contributed by atoms with Gasteiger partial charge in [0, 0.05) is 37.7 Å². The van der Waals surface area contributed by atoms with Crippen molar-refractivity contribution in [2.45, 2.75) is 31.7 Å². The van der Waals surface area contributed by atoms with Gasteiger partial charge in [-0.15, -0.1) is 0 Å². The van der Waals surface area contributed by atoms with Gasteiger partial charge in [0.25, 0.3) is 5.91 Å². The van der Waals surface area contributed by atoms with E-state index in [0.717, 1.165) is 51.2 Å². The minimum absolute atomic E-state index is 0.0220. The first-order chi connectivity index (χ1) is 13.8. The number of hydrogen-bond donors (Lipinski definition) is 1. The minimum Gasteiger partial charge on any atom is -0.475 e. The molecule has 3 atom stereocenters. The smallest absolute Gasteiger partial charge is 0.475 e.